The van der Waals surface area contributed by atoms with Crippen LogP contribution < -0.4 is 50.3 Å². The summed E-state index contributed by atoms with van der Waals surface area (Å²) in [5, 5.41) is 59.0. The third-order valence-corrected chi connectivity index (χ3v) is 26.8. The van der Waals surface area contributed by atoms with Crippen LogP contribution in [0.2, 0.25) is 0 Å². The molecule has 5 aliphatic heterocycles. The number of aliphatic hydroxyl groups is 4. The zero-order valence-electron chi connectivity index (χ0n) is 78.9. The molecule has 0 spiro atoms. The van der Waals surface area contributed by atoms with Crippen molar-refractivity contribution in [2.75, 3.05) is 126 Å². The van der Waals surface area contributed by atoms with Crippen LogP contribution in [-0.4, -0.2) is 230 Å². The number of phosphoric ester groups is 2. The van der Waals surface area contributed by atoms with Crippen molar-refractivity contribution in [3.05, 3.63) is 176 Å². The number of aliphatic hydroxyl groups excluding tert-OH is 4. The molecule has 9 rings (SSSR count). The molecule has 0 aromatic carbocycles. The number of aryl methyl sites for hydroxylation is 4. The third kappa shape index (κ3) is 37.8. The van der Waals surface area contributed by atoms with E-state index in [0.29, 0.717) is 92.5 Å². The molecule has 46 heteroatoms. The second-order valence-corrected chi connectivity index (χ2v) is 36.6. The van der Waals surface area contributed by atoms with Crippen molar-refractivity contribution in [2.45, 2.75) is 274 Å². The molecule has 9 N–H and O–H groups in total. The van der Waals surface area contributed by atoms with Gasteiger partial charge in [0, 0.05) is 78.8 Å². The molecule has 4 aromatic rings. The lowest BCUT2D eigenvalue weighted by atomic mass is 9.87. The van der Waals surface area contributed by atoms with E-state index < -0.39 is 117 Å². The molecule has 0 aliphatic carbocycles. The van der Waals surface area contributed by atoms with Gasteiger partial charge in [0.2, 0.25) is 26.2 Å². The second-order valence-electron chi connectivity index (χ2n) is 31.8. The van der Waals surface area contributed by atoms with Crippen molar-refractivity contribution < 1.29 is 89.4 Å². The Kier molecular flexibility index (Phi) is 57.6. The number of nitriles is 2. The van der Waals surface area contributed by atoms with Gasteiger partial charge in [-0.05, 0) is 138 Å². The monoisotopic (exact) mass is 1920 g/mol. The fourth-order valence-corrected chi connectivity index (χ4v) is 17.4. The average molecular weight is 1930 g/mol. The second kappa shape index (κ2) is 62.4. The van der Waals surface area contributed by atoms with Gasteiger partial charge in [-0.15, -0.1) is 0 Å². The van der Waals surface area contributed by atoms with Gasteiger partial charge in [0.15, 0.2) is 0 Å². The van der Waals surface area contributed by atoms with Gasteiger partial charge >= 0.3 is 38.4 Å². The smallest absolute Gasteiger partial charge is 0.393 e. The number of nitrogens with one attached hydrogen (secondary N) is 5. The maximum atomic E-state index is 12.9. The number of phosphoric acid groups is 2. The van der Waals surface area contributed by atoms with E-state index in [9.17, 15) is 67.9 Å². The van der Waals surface area contributed by atoms with Gasteiger partial charge in [-0.2, -0.15) is 10.5 Å². The molecule has 11 atom stereocenters. The normalized spacial score (nSPS) is 22.0. The molecule has 0 radical (unpaired) electrons. The summed E-state index contributed by atoms with van der Waals surface area (Å²) in [7, 11) is -7.40. The number of hydrogen-bond donors (Lipinski definition) is 9. The average Bonchev–Trinajstić information content (AvgIpc) is 1.65. The summed E-state index contributed by atoms with van der Waals surface area (Å²) >= 11 is 0. The lowest BCUT2D eigenvalue weighted by Gasteiger charge is -2.35. The highest BCUT2D eigenvalue weighted by Crippen LogP contribution is 2.54. The Morgan fingerprint density at radius 1 is 0.500 bits per heavy atom. The van der Waals surface area contributed by atoms with Crippen LogP contribution in [0.3, 0.4) is 0 Å². The highest BCUT2D eigenvalue weighted by molar-refractivity contribution is 7.48. The molecule has 132 heavy (non-hydrogen) atoms. The molecule has 4 aromatic heterocycles. The number of aromatic nitrogens is 8. The number of ether oxygens (including phenoxy) is 5. The van der Waals surface area contributed by atoms with E-state index in [0.717, 1.165) is 19.8 Å². The summed E-state index contributed by atoms with van der Waals surface area (Å²) < 4.78 is 105. The van der Waals surface area contributed by atoms with Crippen LogP contribution in [0.15, 0.2) is 63.1 Å². The van der Waals surface area contributed by atoms with Crippen molar-refractivity contribution in [2.24, 2.45) is 17.8 Å². The zero-order chi connectivity index (χ0) is 98.9. The number of unbranched alkanes of at least 4 members (excludes halogenated alkanes) is 1. The van der Waals surface area contributed by atoms with E-state index in [1.165, 1.54) is 75.7 Å². The van der Waals surface area contributed by atoms with Crippen molar-refractivity contribution in [1.29, 1.82) is 10.5 Å². The van der Waals surface area contributed by atoms with Crippen molar-refractivity contribution in [3.63, 3.8) is 0 Å². The van der Waals surface area contributed by atoms with Gasteiger partial charge in [-0.1, -0.05) is 82.6 Å². The molecule has 5 fully saturated rings. The molecule has 0 saturated carbocycles. The van der Waals surface area contributed by atoms with Crippen molar-refractivity contribution in [3.8, 4) is 12.1 Å². The highest BCUT2D eigenvalue weighted by Gasteiger charge is 2.52. The topological polar surface area (TPSA) is 535 Å². The van der Waals surface area contributed by atoms with Gasteiger partial charge in [0.1, 0.15) is 62.5 Å². The molecule has 0 bridgehead atoms. The SMILES string of the molecule is C.C1CCOC1.CC(C)N(C(C)C)P(OCCC#N)OCCC#N.CCCC.CCNC.CC[C@]1(CO)O[C@@H](n2cc(C)c(=O)[nH]c2=O)C[C@H]1C.Cc1cn([C@H]2C[C@@H](C)C(CO)(CO)O2)c(=O)[nH]c1=O.[C-]#[N+]CCOP(=O)(OCC[N+]#[C-])OC[C@@]1(CC)O[C@@H](n2cc(C)c(=O)[nH]c2=O)C[C@H]1C.[C-]#[N+]CCOP(=O)(OCC[N+]#[C-])OC[C@@]1(CC)O[C@@H](n2cc(C)c(=O)[nH]c2=O)C[C@H]1O. The molecule has 43 nitrogen and oxygen atoms in total. The number of H-pyrrole nitrogens is 4. The minimum atomic E-state index is -4.12. The quantitative estimate of drug-likeness (QED) is 0.0114. The molecular weight excluding hydrogens is 1780 g/mol. The Bertz CT molecular complexity index is 4610. The van der Waals surface area contributed by atoms with E-state index in [4.69, 9.17) is 96.7 Å². The van der Waals surface area contributed by atoms with E-state index in [-0.39, 0.29) is 129 Å². The van der Waals surface area contributed by atoms with Crippen LogP contribution in [0.4, 0.5) is 0 Å². The number of rotatable bonds is 39. The summed E-state index contributed by atoms with van der Waals surface area (Å²) in [4.78, 5) is 115. The summed E-state index contributed by atoms with van der Waals surface area (Å²) in [6.45, 7) is 61.4. The minimum Gasteiger partial charge on any atom is -0.393 e. The predicted molar refractivity (Wildman–Crippen MR) is 495 cm³/mol. The first-order chi connectivity index (χ1) is 62.1. The zero-order valence-corrected chi connectivity index (χ0v) is 81.6. The van der Waals surface area contributed by atoms with Gasteiger partial charge in [-0.3, -0.25) is 84.5 Å². The van der Waals surface area contributed by atoms with E-state index >= 15 is 0 Å². The summed E-state index contributed by atoms with van der Waals surface area (Å²) in [5.74, 6) is -0.0418. The first-order valence-electron chi connectivity index (χ1n) is 43.8. The van der Waals surface area contributed by atoms with E-state index in [1.807, 2.05) is 53.8 Å². The summed E-state index contributed by atoms with van der Waals surface area (Å²) in [5.41, 5.74) is -6.36. The number of nitrogens with zero attached hydrogens (tertiary/aromatic N) is 11. The highest BCUT2D eigenvalue weighted by atomic mass is 31.2. The number of hydrogen-bond acceptors (Lipinski definition) is 31. The maximum absolute atomic E-state index is 12.9. The first-order valence-corrected chi connectivity index (χ1v) is 47.9. The van der Waals surface area contributed by atoms with Crippen LogP contribution >= 0.6 is 24.2 Å². The largest absolute Gasteiger partial charge is 0.475 e. The van der Waals surface area contributed by atoms with Gasteiger partial charge in [0.25, 0.3) is 30.8 Å². The minimum absolute atomic E-state index is 0. The summed E-state index contributed by atoms with van der Waals surface area (Å²) in [6.07, 6.45) is 11.0. The Morgan fingerprint density at radius 2 is 0.780 bits per heavy atom. The van der Waals surface area contributed by atoms with Crippen LogP contribution in [0.5, 0.6) is 0 Å². The molecular formula is C86H143N16O27P3. The van der Waals surface area contributed by atoms with E-state index in [1.54, 1.807) is 27.7 Å². The first kappa shape index (κ1) is 122. The third-order valence-electron chi connectivity index (χ3n) is 21.8. The molecule has 744 valence electrons. The Balaban J connectivity index is 0.000000807. The Morgan fingerprint density at radius 3 is 1.03 bits per heavy atom. The standard InChI is InChI=1S/C19H27N4O7P.C18H25N4O8P.C13H20N2O4.C12H22N3O2P.C12H18N2O5.C4H8O.C4H10.C3H9N.CH4/c1-6-19(13-29-31(26,27-9-7-20-4)28-10-8-21-5)15(3)11-16(30-19)23-12-14(2)17(24)22-18(23)25;1-5-18(12-29-31(26,27-8-6-19-3)28-9-7-20-4)14(23)10-15(30-18)22-11-13(2)16(24)21-17(22)25;1-4-13(7-16)9(3)5-10(19-13)15-6-8(2)11(17)14-12(15)18;1-11(2)15(12(3)4)18(16-9-5-7-13)17-10-6-8-14;1-7-4-14(11(18)13-10(7)17)9-3-8(2)12(5-15,6-16)19-9;1-2-4-5-3-1;2*1-3-4-2;/h12,15-16H,6-11,13H2,1-3H3,(H,22,24,25);11,14-15,23H,5-10,12H2,1-2H3,(H,21,24,25);6,9-10,16H,4-5,7H2,1-3H3,(H,14,17,18);11-12H,5-6,9-10H2,1-4H3;4,8-9,15-16H,3,5-6H2,1-2H3,(H,13,17,18);1-4H2;3-4H2,1-2H3;4H,3H2,1-2H3;1H4/t15-,16-,19-;14-,15-,18-;9-,10-,13-;;8-,9-;;;;/m111.1..../s1. The molecule has 9 heterocycles. The van der Waals surface area contributed by atoms with Crippen LogP contribution in [0.25, 0.3) is 19.4 Å². The van der Waals surface area contributed by atoms with Crippen LogP contribution in [0, 0.1) is 94.4 Å². The Hall–Kier alpha value is -8.21. The van der Waals surface area contributed by atoms with E-state index in [2.05, 4.69) is 97.8 Å². The Labute approximate surface area is 774 Å². The molecule has 5 aliphatic rings. The molecule has 0 unspecified atom stereocenters. The molecule has 0 amide bonds. The number of aromatic amines is 4. The van der Waals surface area contributed by atoms with Crippen molar-refractivity contribution >= 4 is 24.2 Å². The fourth-order valence-electron chi connectivity index (χ4n) is 13.4. The van der Waals surface area contributed by atoms with Crippen LogP contribution in [0.1, 0.15) is 228 Å². The van der Waals surface area contributed by atoms with Gasteiger partial charge in [0.05, 0.1) is 88.5 Å². The van der Waals surface area contributed by atoms with Crippen molar-refractivity contribution in [1.82, 2.24) is 48.2 Å². The predicted octanol–water partition coefficient (Wildman–Crippen LogP) is 10.1. The molecule has 5 saturated heterocycles. The lowest BCUT2D eigenvalue weighted by molar-refractivity contribution is -0.134. The van der Waals surface area contributed by atoms with Gasteiger partial charge < -0.3 is 77.9 Å². The summed E-state index contributed by atoms with van der Waals surface area (Å²) in [6, 6.07) is 4.68. The lowest BCUT2D eigenvalue weighted by Crippen LogP contribution is -2.43. The van der Waals surface area contributed by atoms with Crippen LogP contribution in [-0.2, 0) is 69.0 Å². The maximum Gasteiger partial charge on any atom is 0.475 e. The fraction of sp³-hybridized carbons (Fsp3) is 0.744. The van der Waals surface area contributed by atoms with Gasteiger partial charge in [-0.25, -0.2) is 59.3 Å².